The number of benzene rings is 1. The molecule has 6 nitrogen and oxygen atoms in total. The number of anilines is 1. The van der Waals surface area contributed by atoms with Crippen molar-refractivity contribution in [2.24, 2.45) is 0 Å². The fraction of sp³-hybridized carbons (Fsp3) is 0.182. The average Bonchev–Trinajstić information content (AvgIpc) is 2.37. The Bertz CT molecular complexity index is 594. The van der Waals surface area contributed by atoms with Crippen LogP contribution in [0, 0.1) is 0 Å². The molecule has 1 atom stereocenters. The van der Waals surface area contributed by atoms with Crippen LogP contribution >= 0.6 is 49.7 Å². The topological polar surface area (TPSA) is 108 Å². The highest BCUT2D eigenvalue weighted by Gasteiger charge is 2.21. The van der Waals surface area contributed by atoms with Crippen LogP contribution in [0.3, 0.4) is 0 Å². The number of nitrogen functional groups attached to an aromatic ring is 1. The molecule has 0 spiro atoms. The van der Waals surface area contributed by atoms with Crippen LogP contribution in [0.4, 0.5) is 5.69 Å². The van der Waals surface area contributed by atoms with Gasteiger partial charge in [-0.2, -0.15) is 0 Å². The lowest BCUT2D eigenvalue weighted by molar-refractivity contribution is 0.0697. The standard InChI is InChI=1S/C11H13N3O3S4/c12-7-5(9(16)17)2-1-4(8(7)15)6(14-11(20)21)3-13-10(18)19/h1-2,6,15H,3,12H2,(H,16,17)(H2,13,18,19)(H2,14,20,21). The van der Waals surface area contributed by atoms with E-state index in [1.807, 2.05) is 0 Å². The van der Waals surface area contributed by atoms with Crippen LogP contribution in [0.25, 0.3) is 0 Å². The third-order valence-electron chi connectivity index (χ3n) is 2.61. The normalized spacial score (nSPS) is 11.5. The average molecular weight is 364 g/mol. The van der Waals surface area contributed by atoms with Gasteiger partial charge in [0.1, 0.15) is 14.4 Å². The summed E-state index contributed by atoms with van der Waals surface area (Å²) < 4.78 is 0.466. The second-order valence-electron chi connectivity index (χ2n) is 3.96. The molecule has 0 bridgehead atoms. The number of carboxylic acids is 1. The molecule has 0 heterocycles. The zero-order valence-corrected chi connectivity index (χ0v) is 14.0. The minimum Gasteiger partial charge on any atom is -0.505 e. The van der Waals surface area contributed by atoms with Crippen molar-refractivity contribution in [1.82, 2.24) is 10.6 Å². The molecule has 1 aromatic rings. The molecule has 10 heteroatoms. The number of thiocarbonyl (C=S) groups is 2. The van der Waals surface area contributed by atoms with Gasteiger partial charge in [0.15, 0.2) is 0 Å². The summed E-state index contributed by atoms with van der Waals surface area (Å²) in [6, 6.07) is 2.25. The van der Waals surface area contributed by atoms with Crippen molar-refractivity contribution in [3.05, 3.63) is 23.3 Å². The Kier molecular flexibility index (Phi) is 6.52. The van der Waals surface area contributed by atoms with Gasteiger partial charge in [0.25, 0.3) is 0 Å². The summed E-state index contributed by atoms with van der Waals surface area (Å²) in [4.78, 5) is 11.0. The first kappa shape index (κ1) is 17.8. The molecule has 0 saturated heterocycles. The van der Waals surface area contributed by atoms with Crippen LogP contribution in [0.15, 0.2) is 12.1 Å². The lowest BCUT2D eigenvalue weighted by Crippen LogP contribution is -2.34. The van der Waals surface area contributed by atoms with Crippen LogP contribution in [-0.2, 0) is 0 Å². The maximum absolute atomic E-state index is 11.0. The van der Waals surface area contributed by atoms with Gasteiger partial charge in [-0.3, -0.25) is 0 Å². The number of rotatable bonds is 5. The summed E-state index contributed by atoms with van der Waals surface area (Å²) in [5, 5.41) is 24.7. The van der Waals surface area contributed by atoms with E-state index in [1.54, 1.807) is 0 Å². The molecule has 0 aromatic heterocycles. The molecule has 0 aliphatic heterocycles. The summed E-state index contributed by atoms with van der Waals surface area (Å²) in [7, 11) is 0. The van der Waals surface area contributed by atoms with E-state index in [0.29, 0.717) is 5.56 Å². The summed E-state index contributed by atoms with van der Waals surface area (Å²) in [5.74, 6) is -1.55. The van der Waals surface area contributed by atoms with E-state index >= 15 is 0 Å². The Morgan fingerprint density at radius 1 is 1.33 bits per heavy atom. The second-order valence-corrected chi connectivity index (χ2v) is 6.27. The first-order valence-corrected chi connectivity index (χ1v) is 7.26. The highest BCUT2D eigenvalue weighted by molar-refractivity contribution is 8.11. The number of nitrogens with one attached hydrogen (secondary N) is 2. The van der Waals surface area contributed by atoms with E-state index in [1.165, 1.54) is 12.1 Å². The predicted molar refractivity (Wildman–Crippen MR) is 96.5 cm³/mol. The quantitative estimate of drug-likeness (QED) is 0.182. The lowest BCUT2D eigenvalue weighted by atomic mass is 10.0. The molecule has 0 aliphatic rings. The molecule has 1 aromatic carbocycles. The molecule has 1 rings (SSSR count). The summed E-state index contributed by atoms with van der Waals surface area (Å²) in [6.45, 7) is 0.252. The molecule has 114 valence electrons. The van der Waals surface area contributed by atoms with Gasteiger partial charge < -0.3 is 26.6 Å². The lowest BCUT2D eigenvalue weighted by Gasteiger charge is -2.22. The Hall–Kier alpha value is -1.23. The zero-order valence-electron chi connectivity index (χ0n) is 10.5. The van der Waals surface area contributed by atoms with Crippen molar-refractivity contribution in [2.45, 2.75) is 6.04 Å². The molecule has 0 radical (unpaired) electrons. The van der Waals surface area contributed by atoms with E-state index in [4.69, 9.17) is 35.3 Å². The zero-order chi connectivity index (χ0) is 16.2. The van der Waals surface area contributed by atoms with Crippen LogP contribution in [-0.4, -0.2) is 31.4 Å². The van der Waals surface area contributed by atoms with E-state index in [0.717, 1.165) is 0 Å². The Balaban J connectivity index is 3.18. The van der Waals surface area contributed by atoms with Gasteiger partial charge in [-0.05, 0) is 6.07 Å². The first-order valence-electron chi connectivity index (χ1n) is 5.55. The maximum atomic E-state index is 11.0. The number of carboxylic acid groups (broad SMARTS) is 1. The third-order valence-corrected chi connectivity index (χ3v) is 3.16. The van der Waals surface area contributed by atoms with E-state index < -0.39 is 12.0 Å². The van der Waals surface area contributed by atoms with Crippen molar-refractivity contribution >= 4 is 70.0 Å². The van der Waals surface area contributed by atoms with Crippen molar-refractivity contribution in [3.63, 3.8) is 0 Å². The molecule has 0 aliphatic carbocycles. The summed E-state index contributed by atoms with van der Waals surface area (Å²) >= 11 is 17.6. The van der Waals surface area contributed by atoms with E-state index in [9.17, 15) is 9.90 Å². The molecular weight excluding hydrogens is 350 g/mol. The van der Waals surface area contributed by atoms with Gasteiger partial charge in [0.05, 0.1) is 17.3 Å². The number of phenolic OH excluding ortho intramolecular Hbond substituents is 1. The van der Waals surface area contributed by atoms with Crippen molar-refractivity contribution < 1.29 is 15.0 Å². The predicted octanol–water partition coefficient (Wildman–Crippen LogP) is 1.32. The van der Waals surface area contributed by atoms with Crippen molar-refractivity contribution in [3.8, 4) is 5.75 Å². The number of phenols is 1. The fourth-order valence-corrected chi connectivity index (χ4v) is 2.14. The third kappa shape index (κ3) is 4.92. The van der Waals surface area contributed by atoms with Gasteiger partial charge in [-0.1, -0.05) is 30.5 Å². The largest absolute Gasteiger partial charge is 0.505 e. The number of thiol groups is 2. The number of aromatic hydroxyl groups is 1. The maximum Gasteiger partial charge on any atom is 0.337 e. The van der Waals surface area contributed by atoms with Gasteiger partial charge in [0, 0.05) is 12.1 Å². The van der Waals surface area contributed by atoms with Crippen molar-refractivity contribution in [1.29, 1.82) is 0 Å². The van der Waals surface area contributed by atoms with Crippen LogP contribution < -0.4 is 16.4 Å². The molecule has 21 heavy (non-hydrogen) atoms. The smallest absolute Gasteiger partial charge is 0.337 e. The molecule has 6 N–H and O–H groups in total. The molecule has 1 unspecified atom stereocenters. The van der Waals surface area contributed by atoms with Gasteiger partial charge >= 0.3 is 5.97 Å². The number of aromatic carboxylic acids is 1. The first-order chi connectivity index (χ1) is 9.73. The van der Waals surface area contributed by atoms with E-state index in [-0.39, 0.29) is 32.2 Å². The van der Waals surface area contributed by atoms with Crippen molar-refractivity contribution in [2.75, 3.05) is 12.3 Å². The number of hydrogen-bond acceptors (Lipinski definition) is 5. The van der Waals surface area contributed by atoms with Gasteiger partial charge in [-0.25, -0.2) is 4.79 Å². The molecular formula is C11H13N3O3S4. The SMILES string of the molecule is Nc1c(C(=O)O)ccc(C(CNC(=S)S)NC(=S)S)c1O. The second kappa shape index (κ2) is 7.69. The highest BCUT2D eigenvalue weighted by atomic mass is 32.1. The van der Waals surface area contributed by atoms with E-state index in [2.05, 4.69) is 35.9 Å². The summed E-state index contributed by atoms with van der Waals surface area (Å²) in [6.07, 6.45) is 0. The minimum absolute atomic E-state index is 0.180. The Labute approximate surface area is 142 Å². The van der Waals surface area contributed by atoms with Crippen LogP contribution in [0.1, 0.15) is 22.0 Å². The Morgan fingerprint density at radius 2 is 1.95 bits per heavy atom. The van der Waals surface area contributed by atoms with Crippen LogP contribution in [0.5, 0.6) is 5.75 Å². The van der Waals surface area contributed by atoms with Crippen LogP contribution in [0.2, 0.25) is 0 Å². The number of nitrogens with two attached hydrogens (primary N) is 1. The minimum atomic E-state index is -1.22. The van der Waals surface area contributed by atoms with Gasteiger partial charge in [0.2, 0.25) is 0 Å². The number of hydrogen-bond donors (Lipinski definition) is 7. The molecule has 0 amide bonds. The number of carbonyl (C=O) groups is 1. The highest BCUT2D eigenvalue weighted by Crippen LogP contribution is 2.32. The molecule has 0 fully saturated rings. The van der Waals surface area contributed by atoms with Gasteiger partial charge in [-0.15, -0.1) is 25.3 Å². The monoisotopic (exact) mass is 363 g/mol. The fourth-order valence-electron chi connectivity index (χ4n) is 1.67. The summed E-state index contributed by atoms with van der Waals surface area (Å²) in [5.41, 5.74) is 5.61. The Morgan fingerprint density at radius 3 is 2.43 bits per heavy atom. The molecule has 0 saturated carbocycles.